The van der Waals surface area contributed by atoms with Gasteiger partial charge in [-0.3, -0.25) is 4.79 Å². The van der Waals surface area contributed by atoms with E-state index in [1.165, 1.54) is 30.3 Å². The van der Waals surface area contributed by atoms with Crippen molar-refractivity contribution in [1.82, 2.24) is 5.16 Å². The van der Waals surface area contributed by atoms with Crippen LogP contribution in [0.2, 0.25) is 0 Å². The quantitative estimate of drug-likeness (QED) is 0.923. The summed E-state index contributed by atoms with van der Waals surface area (Å²) in [5.41, 5.74) is 1.09. The van der Waals surface area contributed by atoms with Crippen LogP contribution < -0.4 is 5.32 Å². The zero-order valence-electron chi connectivity index (χ0n) is 10.4. The molecule has 1 N–H and O–H groups in total. The fraction of sp³-hybridized carbons (Fsp3) is 0.167. The molecule has 1 heterocycles. The van der Waals surface area contributed by atoms with Crippen LogP contribution in [0.4, 0.5) is 5.69 Å². The summed E-state index contributed by atoms with van der Waals surface area (Å²) in [6.45, 7) is 1.71. The molecular weight excluding hydrogens is 268 g/mol. The first-order valence-corrected chi connectivity index (χ1v) is 7.30. The molecule has 0 saturated heterocycles. The lowest BCUT2D eigenvalue weighted by molar-refractivity contribution is 0.0988. The average Bonchev–Trinajstić information content (AvgIpc) is 2.75. The van der Waals surface area contributed by atoms with Crippen LogP contribution in [-0.4, -0.2) is 25.7 Å². The van der Waals surface area contributed by atoms with E-state index in [1.807, 2.05) is 0 Å². The number of amides is 1. The first kappa shape index (κ1) is 13.3. The maximum absolute atomic E-state index is 11.7. The molecule has 0 radical (unpaired) electrons. The van der Waals surface area contributed by atoms with Gasteiger partial charge < -0.3 is 9.84 Å². The van der Waals surface area contributed by atoms with Crippen LogP contribution in [0.15, 0.2) is 39.8 Å². The fourth-order valence-corrected chi connectivity index (χ4v) is 2.08. The SMILES string of the molecule is Cc1cc(C(=O)Nc2ccc(S(C)(=O)=O)cc2)on1. The Bertz CT molecular complexity index is 702. The van der Waals surface area contributed by atoms with E-state index in [4.69, 9.17) is 4.52 Å². The van der Waals surface area contributed by atoms with E-state index in [1.54, 1.807) is 6.92 Å². The van der Waals surface area contributed by atoms with Crippen molar-refractivity contribution in [3.8, 4) is 0 Å². The van der Waals surface area contributed by atoms with Crippen molar-refractivity contribution < 1.29 is 17.7 Å². The van der Waals surface area contributed by atoms with E-state index in [0.29, 0.717) is 11.4 Å². The van der Waals surface area contributed by atoms with Gasteiger partial charge in [0.2, 0.25) is 5.76 Å². The maximum atomic E-state index is 11.7. The highest BCUT2D eigenvalue weighted by atomic mass is 32.2. The minimum Gasteiger partial charge on any atom is -0.351 e. The van der Waals surface area contributed by atoms with Gasteiger partial charge in [-0.2, -0.15) is 0 Å². The van der Waals surface area contributed by atoms with Gasteiger partial charge >= 0.3 is 0 Å². The van der Waals surface area contributed by atoms with E-state index in [2.05, 4.69) is 10.5 Å². The number of rotatable bonds is 3. The third-order valence-electron chi connectivity index (χ3n) is 2.39. The van der Waals surface area contributed by atoms with Crippen LogP contribution in [0.5, 0.6) is 0 Å². The van der Waals surface area contributed by atoms with Crippen LogP contribution in [0.3, 0.4) is 0 Å². The molecule has 2 rings (SSSR count). The largest absolute Gasteiger partial charge is 0.351 e. The highest BCUT2D eigenvalue weighted by Gasteiger charge is 2.12. The molecule has 0 saturated carbocycles. The van der Waals surface area contributed by atoms with Gasteiger partial charge in [0, 0.05) is 18.0 Å². The maximum Gasteiger partial charge on any atom is 0.294 e. The molecule has 7 heteroatoms. The highest BCUT2D eigenvalue weighted by Crippen LogP contribution is 2.15. The third-order valence-corrected chi connectivity index (χ3v) is 3.52. The molecule has 19 heavy (non-hydrogen) atoms. The molecule has 0 unspecified atom stereocenters. The number of nitrogens with zero attached hydrogens (tertiary/aromatic N) is 1. The first-order valence-electron chi connectivity index (χ1n) is 5.41. The lowest BCUT2D eigenvalue weighted by Crippen LogP contribution is -2.11. The van der Waals surface area contributed by atoms with Crippen molar-refractivity contribution in [3.05, 3.63) is 41.8 Å². The molecule has 2 aromatic rings. The number of benzene rings is 1. The Balaban J connectivity index is 2.14. The molecule has 0 atom stereocenters. The van der Waals surface area contributed by atoms with Crippen molar-refractivity contribution in [3.63, 3.8) is 0 Å². The van der Waals surface area contributed by atoms with Gasteiger partial charge in [0.15, 0.2) is 9.84 Å². The summed E-state index contributed by atoms with van der Waals surface area (Å²) in [6, 6.07) is 7.39. The number of hydrogen-bond acceptors (Lipinski definition) is 5. The van der Waals surface area contributed by atoms with E-state index in [9.17, 15) is 13.2 Å². The Morgan fingerprint density at radius 1 is 1.26 bits per heavy atom. The topological polar surface area (TPSA) is 89.3 Å². The molecule has 1 aromatic carbocycles. The van der Waals surface area contributed by atoms with Gasteiger partial charge in [0.1, 0.15) is 0 Å². The Morgan fingerprint density at radius 3 is 2.37 bits per heavy atom. The van der Waals surface area contributed by atoms with Crippen molar-refractivity contribution in [2.75, 3.05) is 11.6 Å². The second-order valence-electron chi connectivity index (χ2n) is 4.08. The van der Waals surface area contributed by atoms with E-state index < -0.39 is 15.7 Å². The molecule has 1 amide bonds. The summed E-state index contributed by atoms with van der Waals surface area (Å²) < 4.78 is 27.4. The summed E-state index contributed by atoms with van der Waals surface area (Å²) in [6.07, 6.45) is 1.12. The number of hydrogen-bond donors (Lipinski definition) is 1. The number of carbonyl (C=O) groups is 1. The minimum absolute atomic E-state index is 0.102. The normalized spacial score (nSPS) is 11.3. The molecule has 0 fully saturated rings. The van der Waals surface area contributed by atoms with Crippen LogP contribution in [0, 0.1) is 6.92 Å². The standard InChI is InChI=1S/C12H12N2O4S/c1-8-7-11(18-14-8)12(15)13-9-3-5-10(6-4-9)19(2,16)17/h3-7H,1-2H3,(H,13,15). The third kappa shape index (κ3) is 3.19. The van der Waals surface area contributed by atoms with Crippen LogP contribution in [0.1, 0.15) is 16.2 Å². The van der Waals surface area contributed by atoms with Crippen LogP contribution in [0.25, 0.3) is 0 Å². The summed E-state index contributed by atoms with van der Waals surface area (Å²) in [5.74, 6) is -0.336. The predicted molar refractivity (Wildman–Crippen MR) is 68.7 cm³/mol. The molecule has 100 valence electrons. The van der Waals surface area contributed by atoms with E-state index in [0.717, 1.165) is 6.26 Å². The van der Waals surface area contributed by atoms with Gasteiger partial charge in [-0.25, -0.2) is 8.42 Å². The van der Waals surface area contributed by atoms with Gasteiger partial charge in [-0.15, -0.1) is 0 Å². The molecule has 6 nitrogen and oxygen atoms in total. The summed E-state index contributed by atoms with van der Waals surface area (Å²) >= 11 is 0. The zero-order chi connectivity index (χ0) is 14.0. The lowest BCUT2D eigenvalue weighted by Gasteiger charge is -2.03. The zero-order valence-corrected chi connectivity index (χ0v) is 11.2. The number of anilines is 1. The molecule has 1 aromatic heterocycles. The number of aromatic nitrogens is 1. The summed E-state index contributed by atoms with van der Waals surface area (Å²) in [5, 5.41) is 6.19. The molecule has 0 bridgehead atoms. The Morgan fingerprint density at radius 2 is 1.89 bits per heavy atom. The first-order chi connectivity index (χ1) is 8.86. The minimum atomic E-state index is -3.24. The Kier molecular flexibility index (Phi) is 3.39. The van der Waals surface area contributed by atoms with Gasteiger partial charge in [-0.1, -0.05) is 5.16 Å². The molecule has 0 aliphatic rings. The van der Waals surface area contributed by atoms with Crippen molar-refractivity contribution in [2.45, 2.75) is 11.8 Å². The predicted octanol–water partition coefficient (Wildman–Crippen LogP) is 1.64. The number of nitrogens with one attached hydrogen (secondary N) is 1. The van der Waals surface area contributed by atoms with Gasteiger partial charge in [0.25, 0.3) is 5.91 Å². The second kappa shape index (κ2) is 4.85. The molecule has 0 spiro atoms. The fourth-order valence-electron chi connectivity index (χ4n) is 1.45. The molecule has 0 aliphatic carbocycles. The van der Waals surface area contributed by atoms with Crippen molar-refractivity contribution >= 4 is 21.4 Å². The number of carbonyl (C=O) groups excluding carboxylic acids is 1. The Labute approximate surface area is 110 Å². The van der Waals surface area contributed by atoms with Gasteiger partial charge in [0.05, 0.1) is 10.6 Å². The van der Waals surface area contributed by atoms with Gasteiger partial charge in [-0.05, 0) is 31.2 Å². The Hall–Kier alpha value is -2.15. The lowest BCUT2D eigenvalue weighted by atomic mass is 10.3. The van der Waals surface area contributed by atoms with Crippen LogP contribution >= 0.6 is 0 Å². The van der Waals surface area contributed by atoms with Crippen molar-refractivity contribution in [2.24, 2.45) is 0 Å². The van der Waals surface area contributed by atoms with Crippen LogP contribution in [-0.2, 0) is 9.84 Å². The second-order valence-corrected chi connectivity index (χ2v) is 6.10. The van der Waals surface area contributed by atoms with E-state index in [-0.39, 0.29) is 10.7 Å². The molecular formula is C12H12N2O4S. The molecule has 0 aliphatic heterocycles. The summed E-state index contributed by atoms with van der Waals surface area (Å²) in [4.78, 5) is 11.9. The monoisotopic (exact) mass is 280 g/mol. The highest BCUT2D eigenvalue weighted by molar-refractivity contribution is 7.90. The van der Waals surface area contributed by atoms with Crippen molar-refractivity contribution in [1.29, 1.82) is 0 Å². The summed E-state index contributed by atoms with van der Waals surface area (Å²) in [7, 11) is -3.24. The average molecular weight is 280 g/mol. The smallest absolute Gasteiger partial charge is 0.294 e. The number of sulfone groups is 1. The van der Waals surface area contributed by atoms with E-state index >= 15 is 0 Å². The number of aryl methyl sites for hydroxylation is 1.